The van der Waals surface area contributed by atoms with Crippen LogP contribution in [0.15, 0.2) is 41.2 Å². The lowest BCUT2D eigenvalue weighted by Crippen LogP contribution is -2.22. The number of hydrogen-bond acceptors (Lipinski definition) is 2. The quantitative estimate of drug-likeness (QED) is 0.805. The van der Waals surface area contributed by atoms with E-state index in [1.807, 2.05) is 50.2 Å². The number of nitrogens with one attached hydrogen (secondary N) is 1. The fraction of sp³-hybridized carbons (Fsp3) is 0.263. The van der Waals surface area contributed by atoms with Crippen LogP contribution in [-0.2, 0) is 20.6 Å². The topological polar surface area (TPSA) is 56.0 Å². The van der Waals surface area contributed by atoms with E-state index in [1.54, 1.807) is 23.2 Å². The molecule has 1 aromatic heterocycles. The molecule has 0 saturated heterocycles. The minimum atomic E-state index is -0.0971. The molecule has 1 N–H and O–H groups in total. The van der Waals surface area contributed by atoms with Gasteiger partial charge in [0, 0.05) is 26.2 Å². The maximum absolute atomic E-state index is 12.3. The minimum absolute atomic E-state index is 0.0543. The van der Waals surface area contributed by atoms with Gasteiger partial charge in [-0.05, 0) is 54.8 Å². The number of fused-ring (bicyclic) bond motifs is 1. The van der Waals surface area contributed by atoms with E-state index in [-0.39, 0.29) is 11.6 Å². The predicted molar refractivity (Wildman–Crippen MR) is 95.2 cm³/mol. The largest absolute Gasteiger partial charge is 0.348 e. The van der Waals surface area contributed by atoms with Crippen LogP contribution in [0, 0.1) is 13.8 Å². The average molecular weight is 323 g/mol. The van der Waals surface area contributed by atoms with Crippen LogP contribution < -0.4 is 11.0 Å². The molecule has 0 bridgehead atoms. The highest BCUT2D eigenvalue weighted by Gasteiger charge is 2.10. The zero-order valence-corrected chi connectivity index (χ0v) is 14.4. The number of aryl methyl sites for hydroxylation is 4. The number of nitrogens with zero attached hydrogens (tertiary/aromatic N) is 2. The molecule has 1 heterocycles. The Kier molecular flexibility index (Phi) is 4.01. The lowest BCUT2D eigenvalue weighted by Gasteiger charge is -2.08. The first kappa shape index (κ1) is 16.1. The van der Waals surface area contributed by atoms with E-state index in [4.69, 9.17) is 0 Å². The van der Waals surface area contributed by atoms with Crippen LogP contribution in [-0.4, -0.2) is 15.0 Å². The number of rotatable bonds is 3. The van der Waals surface area contributed by atoms with E-state index in [9.17, 15) is 9.59 Å². The van der Waals surface area contributed by atoms with Crippen molar-refractivity contribution < 1.29 is 4.79 Å². The van der Waals surface area contributed by atoms with Gasteiger partial charge in [0.05, 0.1) is 11.0 Å². The maximum Gasteiger partial charge on any atom is 0.328 e. The van der Waals surface area contributed by atoms with Crippen LogP contribution in [0.3, 0.4) is 0 Å². The molecule has 2 aromatic carbocycles. The summed E-state index contributed by atoms with van der Waals surface area (Å²) < 4.78 is 3.23. The van der Waals surface area contributed by atoms with Crippen molar-refractivity contribution in [1.82, 2.24) is 14.5 Å². The first-order valence-electron chi connectivity index (χ1n) is 7.88. The van der Waals surface area contributed by atoms with Gasteiger partial charge in [-0.1, -0.05) is 12.1 Å². The molecule has 0 aliphatic carbocycles. The van der Waals surface area contributed by atoms with E-state index in [0.717, 1.165) is 22.2 Å². The Labute approximate surface area is 140 Å². The number of hydrogen-bond donors (Lipinski definition) is 1. The summed E-state index contributed by atoms with van der Waals surface area (Å²) in [5, 5.41) is 2.93. The molecule has 0 aliphatic heterocycles. The predicted octanol–water partition coefficient (Wildman–Crippen LogP) is 2.42. The SMILES string of the molecule is Cc1ccc(C(=O)NCc2ccc3c(c2)n(C)c(=O)n3C)cc1C. The number of benzene rings is 2. The standard InChI is InChI=1S/C19H21N3O2/c1-12-5-7-15(9-13(12)2)18(23)20-11-14-6-8-16-17(10-14)22(4)19(24)21(16)3/h5-10H,11H2,1-4H3,(H,20,23). The molecule has 0 unspecified atom stereocenters. The molecule has 0 fully saturated rings. The highest BCUT2D eigenvalue weighted by molar-refractivity contribution is 5.94. The van der Waals surface area contributed by atoms with Crippen LogP contribution in [0.2, 0.25) is 0 Å². The number of carbonyl (C=O) groups is 1. The zero-order chi connectivity index (χ0) is 17.4. The van der Waals surface area contributed by atoms with Gasteiger partial charge >= 0.3 is 5.69 Å². The highest BCUT2D eigenvalue weighted by Crippen LogP contribution is 2.14. The van der Waals surface area contributed by atoms with Crippen LogP contribution >= 0.6 is 0 Å². The Bertz CT molecular complexity index is 996. The monoisotopic (exact) mass is 323 g/mol. The Balaban J connectivity index is 1.80. The molecule has 5 heteroatoms. The van der Waals surface area contributed by atoms with E-state index >= 15 is 0 Å². The van der Waals surface area contributed by atoms with Gasteiger partial charge < -0.3 is 5.32 Å². The zero-order valence-electron chi connectivity index (χ0n) is 14.4. The summed E-state index contributed by atoms with van der Waals surface area (Å²) in [6.07, 6.45) is 0. The summed E-state index contributed by atoms with van der Waals surface area (Å²) in [6, 6.07) is 11.5. The second-order valence-corrected chi connectivity index (χ2v) is 6.21. The third-order valence-corrected chi connectivity index (χ3v) is 4.56. The van der Waals surface area contributed by atoms with Crippen molar-refractivity contribution in [3.05, 3.63) is 69.1 Å². The van der Waals surface area contributed by atoms with E-state index < -0.39 is 0 Å². The van der Waals surface area contributed by atoms with Crippen molar-refractivity contribution in [2.75, 3.05) is 0 Å². The summed E-state index contributed by atoms with van der Waals surface area (Å²) in [4.78, 5) is 24.3. The van der Waals surface area contributed by atoms with Crippen molar-refractivity contribution in [3.8, 4) is 0 Å². The number of imidazole rings is 1. The molecule has 3 aromatic rings. The van der Waals surface area contributed by atoms with Crippen LogP contribution in [0.25, 0.3) is 11.0 Å². The minimum Gasteiger partial charge on any atom is -0.348 e. The maximum atomic E-state index is 12.3. The highest BCUT2D eigenvalue weighted by atomic mass is 16.2. The summed E-state index contributed by atoms with van der Waals surface area (Å²) in [6.45, 7) is 4.44. The van der Waals surface area contributed by atoms with Crippen molar-refractivity contribution in [2.45, 2.75) is 20.4 Å². The summed E-state index contributed by atoms with van der Waals surface area (Å²) in [5.41, 5.74) is 5.58. The smallest absolute Gasteiger partial charge is 0.328 e. The van der Waals surface area contributed by atoms with Crippen molar-refractivity contribution in [3.63, 3.8) is 0 Å². The second kappa shape index (κ2) is 6.00. The van der Waals surface area contributed by atoms with E-state index in [0.29, 0.717) is 12.1 Å². The molecule has 0 radical (unpaired) electrons. The molecule has 24 heavy (non-hydrogen) atoms. The summed E-state index contributed by atoms with van der Waals surface area (Å²) >= 11 is 0. The average Bonchev–Trinajstić information content (AvgIpc) is 2.79. The Morgan fingerprint density at radius 2 is 1.67 bits per heavy atom. The van der Waals surface area contributed by atoms with Crippen LogP contribution in [0.4, 0.5) is 0 Å². The molecule has 124 valence electrons. The first-order valence-corrected chi connectivity index (χ1v) is 7.88. The molecule has 0 spiro atoms. The number of carbonyl (C=O) groups excluding carboxylic acids is 1. The van der Waals surface area contributed by atoms with E-state index in [1.165, 1.54) is 5.56 Å². The molecular weight excluding hydrogens is 302 g/mol. The Morgan fingerprint density at radius 3 is 2.38 bits per heavy atom. The summed E-state index contributed by atoms with van der Waals surface area (Å²) in [5.74, 6) is -0.0971. The fourth-order valence-electron chi connectivity index (χ4n) is 2.83. The molecular formula is C19H21N3O2. The van der Waals surface area contributed by atoms with Gasteiger partial charge in [0.1, 0.15) is 0 Å². The van der Waals surface area contributed by atoms with Gasteiger partial charge in [0.25, 0.3) is 5.91 Å². The third-order valence-electron chi connectivity index (χ3n) is 4.56. The first-order chi connectivity index (χ1) is 11.4. The molecule has 0 saturated carbocycles. The molecule has 1 amide bonds. The molecule has 0 aliphatic rings. The number of aromatic nitrogens is 2. The van der Waals surface area contributed by atoms with Gasteiger partial charge in [-0.2, -0.15) is 0 Å². The van der Waals surface area contributed by atoms with Crippen LogP contribution in [0.1, 0.15) is 27.0 Å². The molecule has 3 rings (SSSR count). The molecule has 5 nitrogen and oxygen atoms in total. The van der Waals surface area contributed by atoms with Crippen molar-refractivity contribution in [1.29, 1.82) is 0 Å². The van der Waals surface area contributed by atoms with Gasteiger partial charge in [-0.25, -0.2) is 4.79 Å². The Morgan fingerprint density at radius 1 is 0.958 bits per heavy atom. The van der Waals surface area contributed by atoms with Gasteiger partial charge in [-0.3, -0.25) is 13.9 Å². The van der Waals surface area contributed by atoms with Gasteiger partial charge in [-0.15, -0.1) is 0 Å². The third kappa shape index (κ3) is 2.73. The van der Waals surface area contributed by atoms with E-state index in [2.05, 4.69) is 5.32 Å². The van der Waals surface area contributed by atoms with Gasteiger partial charge in [0.15, 0.2) is 0 Å². The number of amides is 1. The molecule has 0 atom stereocenters. The normalized spacial score (nSPS) is 11.0. The lowest BCUT2D eigenvalue weighted by molar-refractivity contribution is 0.0951. The second-order valence-electron chi connectivity index (χ2n) is 6.21. The van der Waals surface area contributed by atoms with Crippen molar-refractivity contribution >= 4 is 16.9 Å². The van der Waals surface area contributed by atoms with Crippen LogP contribution in [0.5, 0.6) is 0 Å². The lowest BCUT2D eigenvalue weighted by atomic mass is 10.1. The summed E-state index contributed by atoms with van der Waals surface area (Å²) in [7, 11) is 3.51. The van der Waals surface area contributed by atoms with Crippen molar-refractivity contribution in [2.24, 2.45) is 14.1 Å². The fourth-order valence-corrected chi connectivity index (χ4v) is 2.83. The van der Waals surface area contributed by atoms with Gasteiger partial charge in [0.2, 0.25) is 0 Å². The Hall–Kier alpha value is -2.82.